The van der Waals surface area contributed by atoms with E-state index in [0.29, 0.717) is 17.6 Å². The fourth-order valence-corrected chi connectivity index (χ4v) is 10.4. The third-order valence-electron chi connectivity index (χ3n) is 12.1. The van der Waals surface area contributed by atoms with Crippen molar-refractivity contribution in [1.82, 2.24) is 19.5 Å². The Balaban J connectivity index is 1.05. The molecule has 0 atom stereocenters. The van der Waals surface area contributed by atoms with Gasteiger partial charge in [0, 0.05) is 58.4 Å². The van der Waals surface area contributed by atoms with Crippen LogP contribution >= 0.6 is 11.3 Å². The third-order valence-corrected chi connectivity index (χ3v) is 13.2. The number of aromatic nitrogens is 4. The Morgan fingerprint density at radius 1 is 0.361 bits per heavy atom. The minimum atomic E-state index is 0.546. The molecule has 61 heavy (non-hydrogen) atoms. The Morgan fingerprint density at radius 2 is 0.984 bits per heavy atom. The third kappa shape index (κ3) is 5.29. The summed E-state index contributed by atoms with van der Waals surface area (Å²) in [6.07, 6.45) is 0. The van der Waals surface area contributed by atoms with E-state index >= 15 is 0 Å². The van der Waals surface area contributed by atoms with Crippen LogP contribution in [0.5, 0.6) is 0 Å². The smallest absolute Gasteiger partial charge is 0.238 e. The van der Waals surface area contributed by atoms with E-state index in [0.717, 1.165) is 66.0 Å². The first-order valence-electron chi connectivity index (χ1n) is 20.4. The van der Waals surface area contributed by atoms with Gasteiger partial charge in [-0.3, -0.25) is 4.57 Å². The number of hydrogen-bond acceptors (Lipinski definition) is 5. The highest BCUT2D eigenvalue weighted by molar-refractivity contribution is 7.25. The monoisotopic (exact) mass is 796 g/mol. The molecule has 0 amide bonds. The summed E-state index contributed by atoms with van der Waals surface area (Å²) in [6, 6.07) is 68.7. The van der Waals surface area contributed by atoms with Crippen molar-refractivity contribution >= 4 is 86.0 Å². The summed E-state index contributed by atoms with van der Waals surface area (Å²) in [5.41, 5.74) is 10.1. The number of nitrogens with zero attached hydrogens (tertiary/aromatic N) is 4. The Kier molecular flexibility index (Phi) is 7.41. The van der Waals surface area contributed by atoms with E-state index in [1.54, 1.807) is 0 Å². The van der Waals surface area contributed by atoms with E-state index in [4.69, 9.17) is 19.4 Å². The Morgan fingerprint density at radius 3 is 1.85 bits per heavy atom. The van der Waals surface area contributed by atoms with Gasteiger partial charge in [0.1, 0.15) is 11.2 Å². The van der Waals surface area contributed by atoms with Gasteiger partial charge in [-0.15, -0.1) is 11.3 Å². The van der Waals surface area contributed by atoms with E-state index in [9.17, 15) is 0 Å². The highest BCUT2D eigenvalue weighted by Crippen LogP contribution is 2.43. The van der Waals surface area contributed by atoms with E-state index in [-0.39, 0.29) is 0 Å². The number of furan rings is 1. The van der Waals surface area contributed by atoms with Crippen molar-refractivity contribution in [3.63, 3.8) is 0 Å². The second-order valence-electron chi connectivity index (χ2n) is 15.5. The highest BCUT2D eigenvalue weighted by atomic mass is 32.1. The molecule has 0 radical (unpaired) electrons. The van der Waals surface area contributed by atoms with Crippen LogP contribution in [-0.2, 0) is 0 Å². The largest absolute Gasteiger partial charge is 0.456 e. The van der Waals surface area contributed by atoms with Crippen molar-refractivity contribution < 1.29 is 4.42 Å². The molecule has 13 aromatic rings. The molecule has 0 aliphatic rings. The molecule has 0 unspecified atom stereocenters. The zero-order chi connectivity index (χ0) is 40.0. The Labute approximate surface area is 353 Å². The average Bonchev–Trinajstić information content (AvgIpc) is 4.00. The molecule has 0 N–H and O–H groups in total. The summed E-state index contributed by atoms with van der Waals surface area (Å²) in [5, 5.41) is 9.38. The molecule has 0 saturated heterocycles. The van der Waals surface area contributed by atoms with Crippen molar-refractivity contribution in [3.8, 4) is 51.0 Å². The molecule has 284 valence electrons. The van der Waals surface area contributed by atoms with Gasteiger partial charge in [0.15, 0.2) is 11.6 Å². The second kappa shape index (κ2) is 13.3. The van der Waals surface area contributed by atoms with Crippen LogP contribution in [0.1, 0.15) is 0 Å². The van der Waals surface area contributed by atoms with Crippen LogP contribution < -0.4 is 0 Å². The molecule has 0 bridgehead atoms. The minimum Gasteiger partial charge on any atom is -0.456 e. The quantitative estimate of drug-likeness (QED) is 0.174. The summed E-state index contributed by atoms with van der Waals surface area (Å²) in [6.45, 7) is 0. The predicted molar refractivity (Wildman–Crippen MR) is 254 cm³/mol. The van der Waals surface area contributed by atoms with Crippen LogP contribution in [0.25, 0.3) is 126 Å². The van der Waals surface area contributed by atoms with Gasteiger partial charge in [0.05, 0.1) is 11.0 Å². The topological polar surface area (TPSA) is 56.7 Å². The van der Waals surface area contributed by atoms with E-state index in [2.05, 4.69) is 156 Å². The molecular formula is C55H32N4OS. The average molecular weight is 797 g/mol. The minimum absolute atomic E-state index is 0.546. The summed E-state index contributed by atoms with van der Waals surface area (Å²) < 4.78 is 11.2. The number of benzene rings is 9. The van der Waals surface area contributed by atoms with E-state index in [1.165, 1.54) is 42.1 Å². The first-order valence-corrected chi connectivity index (χ1v) is 21.2. The molecule has 0 aliphatic heterocycles. The molecule has 0 spiro atoms. The first kappa shape index (κ1) is 34.0. The maximum absolute atomic E-state index is 6.34. The van der Waals surface area contributed by atoms with Gasteiger partial charge in [-0.2, -0.15) is 9.97 Å². The molecule has 0 fully saturated rings. The van der Waals surface area contributed by atoms with Crippen molar-refractivity contribution in [2.75, 3.05) is 0 Å². The van der Waals surface area contributed by atoms with E-state index in [1.807, 2.05) is 53.8 Å². The number of fused-ring (bicyclic) bond motifs is 10. The van der Waals surface area contributed by atoms with Gasteiger partial charge >= 0.3 is 0 Å². The zero-order valence-corrected chi connectivity index (χ0v) is 33.4. The molecular weight excluding hydrogens is 765 g/mol. The molecule has 9 aromatic carbocycles. The van der Waals surface area contributed by atoms with Gasteiger partial charge in [0.25, 0.3) is 0 Å². The summed E-state index contributed by atoms with van der Waals surface area (Å²) in [5.74, 6) is 1.71. The Hall–Kier alpha value is -7.93. The normalized spacial score (nSPS) is 11.9. The molecule has 13 rings (SSSR count). The molecule has 6 heteroatoms. The first-order chi connectivity index (χ1) is 30.2. The molecule has 4 aromatic heterocycles. The maximum Gasteiger partial charge on any atom is 0.238 e. The Bertz CT molecular complexity index is 3900. The van der Waals surface area contributed by atoms with Crippen LogP contribution in [0.4, 0.5) is 0 Å². The summed E-state index contributed by atoms with van der Waals surface area (Å²) >= 11 is 1.85. The van der Waals surface area contributed by atoms with Crippen molar-refractivity contribution in [2.45, 2.75) is 0 Å². The van der Waals surface area contributed by atoms with Gasteiger partial charge < -0.3 is 4.42 Å². The van der Waals surface area contributed by atoms with Gasteiger partial charge in [-0.1, -0.05) is 152 Å². The fourth-order valence-electron chi connectivity index (χ4n) is 9.31. The summed E-state index contributed by atoms with van der Waals surface area (Å²) in [4.78, 5) is 15.7. The number of hydrogen-bond donors (Lipinski definition) is 0. The maximum atomic E-state index is 6.34. The van der Waals surface area contributed by atoms with Gasteiger partial charge in [-0.25, -0.2) is 4.98 Å². The molecule has 4 heterocycles. The van der Waals surface area contributed by atoms with Gasteiger partial charge in [-0.05, 0) is 69.9 Å². The number of rotatable bonds is 5. The number of para-hydroxylation sites is 3. The molecule has 0 aliphatic carbocycles. The van der Waals surface area contributed by atoms with Crippen molar-refractivity contribution in [3.05, 3.63) is 194 Å². The fraction of sp³-hybridized carbons (Fsp3) is 0. The lowest BCUT2D eigenvalue weighted by molar-refractivity contribution is 0.669. The van der Waals surface area contributed by atoms with E-state index < -0.39 is 0 Å². The SMILES string of the molecule is c1ccc(-c2nc(-c3ccc4c(c3)oc3ccccc34)nc(-n3c4ccccc4c4cccc(-c5cccc6c(-c7ccc8sc9ccccc9c8c7)cccc56)c43)n2)cc1. The van der Waals surface area contributed by atoms with Crippen LogP contribution in [0.3, 0.4) is 0 Å². The number of thiophene rings is 1. The van der Waals surface area contributed by atoms with Gasteiger partial charge in [0.2, 0.25) is 5.95 Å². The van der Waals surface area contributed by atoms with Crippen LogP contribution in [-0.4, -0.2) is 19.5 Å². The lowest BCUT2D eigenvalue weighted by Crippen LogP contribution is -2.07. The lowest BCUT2D eigenvalue weighted by atomic mass is 9.91. The standard InChI is InChI=1S/C55H32N4OS/c1-2-13-33(14-3-1)53-56-54(35-27-29-42-41-16-5-8-25-48(41)60-49(42)32-35)58-55(57-53)59-47-24-7-4-15-40(47)45-23-12-22-44(52(45)59)39-21-11-19-37-36(18-10-20-38(37)39)34-28-30-51-46(31-34)43-17-6-9-26-50(43)61-51/h1-32H. The van der Waals surface area contributed by atoms with Crippen molar-refractivity contribution in [2.24, 2.45) is 0 Å². The van der Waals surface area contributed by atoms with Crippen LogP contribution in [0.15, 0.2) is 199 Å². The molecule has 5 nitrogen and oxygen atoms in total. The predicted octanol–water partition coefficient (Wildman–Crippen LogP) is 15.1. The van der Waals surface area contributed by atoms with Crippen LogP contribution in [0.2, 0.25) is 0 Å². The highest BCUT2D eigenvalue weighted by Gasteiger charge is 2.22. The summed E-state index contributed by atoms with van der Waals surface area (Å²) in [7, 11) is 0. The zero-order valence-electron chi connectivity index (χ0n) is 32.6. The van der Waals surface area contributed by atoms with Crippen molar-refractivity contribution in [1.29, 1.82) is 0 Å². The molecule has 0 saturated carbocycles. The van der Waals surface area contributed by atoms with Crippen LogP contribution in [0, 0.1) is 0 Å². The second-order valence-corrected chi connectivity index (χ2v) is 16.6. The lowest BCUT2D eigenvalue weighted by Gasteiger charge is -2.15.